The number of hydrogen-bond acceptors (Lipinski definition) is 4. The fourth-order valence-corrected chi connectivity index (χ4v) is 8.27. The number of rotatable bonds is 7. The van der Waals surface area contributed by atoms with E-state index in [0.29, 0.717) is 5.56 Å². The molecule has 0 aliphatic heterocycles. The molecule has 7 rings (SSSR count). The van der Waals surface area contributed by atoms with E-state index < -0.39 is 10.0 Å². The van der Waals surface area contributed by atoms with Crippen LogP contribution < -0.4 is 15.4 Å². The average Bonchev–Trinajstić information content (AvgIpc) is 3.57. The molecule has 0 atom stereocenters. The van der Waals surface area contributed by atoms with Crippen LogP contribution in [0.4, 0.5) is 11.4 Å². The van der Waals surface area contributed by atoms with Gasteiger partial charge in [-0.15, -0.1) is 0 Å². The lowest BCUT2D eigenvalue weighted by atomic mass is 9.53. The molecule has 0 heterocycles. The molecule has 34 heavy (non-hydrogen) atoms. The number of nitrogens with one attached hydrogen (secondary N) is 3. The highest BCUT2D eigenvalue weighted by molar-refractivity contribution is 7.89. The Labute approximate surface area is 202 Å². The van der Waals surface area contributed by atoms with Gasteiger partial charge in [-0.3, -0.25) is 4.79 Å². The average molecular weight is 480 g/mol. The Morgan fingerprint density at radius 2 is 1.53 bits per heavy atom. The monoisotopic (exact) mass is 479 g/mol. The van der Waals surface area contributed by atoms with Crippen LogP contribution in [0.2, 0.25) is 0 Å². The number of anilines is 2. The van der Waals surface area contributed by atoms with E-state index >= 15 is 0 Å². The summed E-state index contributed by atoms with van der Waals surface area (Å²) in [7, 11) is -3.62. The molecule has 1 amide bonds. The van der Waals surface area contributed by atoms with E-state index in [9.17, 15) is 13.2 Å². The van der Waals surface area contributed by atoms with Crippen molar-refractivity contribution in [3.05, 3.63) is 53.6 Å². The van der Waals surface area contributed by atoms with Gasteiger partial charge in [0.1, 0.15) is 0 Å². The van der Waals surface area contributed by atoms with Crippen molar-refractivity contribution >= 4 is 27.3 Å². The third-order valence-corrected chi connectivity index (χ3v) is 9.79. The van der Waals surface area contributed by atoms with Gasteiger partial charge in [-0.2, -0.15) is 0 Å². The summed E-state index contributed by atoms with van der Waals surface area (Å²) in [6.45, 7) is 1.83. The van der Waals surface area contributed by atoms with Crippen LogP contribution >= 0.6 is 0 Å². The molecule has 2 aromatic rings. The minimum Gasteiger partial charge on any atom is -0.378 e. The fraction of sp³-hybridized carbons (Fsp3) is 0.519. The van der Waals surface area contributed by atoms with Gasteiger partial charge in [0.25, 0.3) is 5.91 Å². The predicted molar refractivity (Wildman–Crippen MR) is 133 cm³/mol. The zero-order valence-corrected chi connectivity index (χ0v) is 20.5. The molecule has 7 heteroatoms. The molecule has 0 saturated heterocycles. The molecule has 5 fully saturated rings. The molecule has 6 nitrogen and oxygen atoms in total. The number of amides is 1. The van der Waals surface area contributed by atoms with E-state index in [-0.39, 0.29) is 22.4 Å². The van der Waals surface area contributed by atoms with Gasteiger partial charge in [0.2, 0.25) is 10.0 Å². The third kappa shape index (κ3) is 4.24. The Kier molecular flexibility index (Phi) is 5.26. The summed E-state index contributed by atoms with van der Waals surface area (Å²) in [6, 6.07) is 12.7. The maximum Gasteiger partial charge on any atom is 0.256 e. The second kappa shape index (κ2) is 8.09. The zero-order chi connectivity index (χ0) is 23.5. The number of benzene rings is 2. The Bertz CT molecular complexity index is 1200. The first-order chi connectivity index (χ1) is 16.3. The van der Waals surface area contributed by atoms with Crippen LogP contribution in [0, 0.1) is 24.7 Å². The van der Waals surface area contributed by atoms with E-state index in [1.807, 2.05) is 31.2 Å². The molecule has 0 unspecified atom stereocenters. The highest BCUT2D eigenvalue weighted by atomic mass is 32.2. The highest BCUT2D eigenvalue weighted by Gasteiger charge is 2.51. The van der Waals surface area contributed by atoms with Crippen LogP contribution in [0.15, 0.2) is 47.4 Å². The van der Waals surface area contributed by atoms with Crippen molar-refractivity contribution in [2.24, 2.45) is 17.8 Å². The smallest absolute Gasteiger partial charge is 0.256 e. The lowest BCUT2D eigenvalue weighted by molar-refractivity contribution is 0.0107. The third-order valence-electron chi connectivity index (χ3n) is 8.28. The molecule has 0 spiro atoms. The van der Waals surface area contributed by atoms with Gasteiger partial charge in [-0.05, 0) is 106 Å². The standard InChI is InChI=1S/C27H33N3O3S/c1-17-6-9-22(34(32,33)30-21-7-8-21)13-23(17)26(31)28-24-4-2-3-5-25(24)29-27-14-18-10-19(15-27)12-20(11-18)16-27/h2-6,9,13,18-21,29-30H,7-8,10-12,14-16H2,1H3,(H,28,31). The summed E-state index contributed by atoms with van der Waals surface area (Å²) < 4.78 is 28.1. The lowest BCUT2D eigenvalue weighted by Gasteiger charge is -2.57. The molecular weight excluding hydrogens is 446 g/mol. The van der Waals surface area contributed by atoms with Gasteiger partial charge in [-0.25, -0.2) is 13.1 Å². The van der Waals surface area contributed by atoms with Crippen molar-refractivity contribution in [1.29, 1.82) is 0 Å². The summed E-state index contributed by atoms with van der Waals surface area (Å²) in [5.74, 6) is 2.20. The maximum atomic E-state index is 13.3. The van der Waals surface area contributed by atoms with Gasteiger partial charge in [0.05, 0.1) is 16.3 Å². The van der Waals surface area contributed by atoms with Crippen molar-refractivity contribution < 1.29 is 13.2 Å². The predicted octanol–water partition coefficient (Wildman–Crippen LogP) is 5.07. The van der Waals surface area contributed by atoms with Crippen molar-refractivity contribution in [3.63, 3.8) is 0 Å². The van der Waals surface area contributed by atoms with Crippen LogP contribution in [-0.2, 0) is 10.0 Å². The van der Waals surface area contributed by atoms with E-state index in [4.69, 9.17) is 0 Å². The van der Waals surface area contributed by atoms with Crippen LogP contribution in [-0.4, -0.2) is 25.9 Å². The summed E-state index contributed by atoms with van der Waals surface area (Å²) in [5.41, 5.74) is 2.95. The molecular formula is C27H33N3O3S. The summed E-state index contributed by atoms with van der Waals surface area (Å²) in [6.07, 6.45) is 9.53. The highest BCUT2D eigenvalue weighted by Crippen LogP contribution is 2.56. The van der Waals surface area contributed by atoms with Gasteiger partial charge in [0.15, 0.2) is 0 Å². The molecule has 5 saturated carbocycles. The van der Waals surface area contributed by atoms with E-state index in [1.165, 1.54) is 44.6 Å². The molecule has 2 aromatic carbocycles. The fourth-order valence-electron chi connectivity index (χ4n) is 6.94. The molecule has 0 aromatic heterocycles. The Balaban J connectivity index is 1.24. The molecule has 3 N–H and O–H groups in total. The maximum absolute atomic E-state index is 13.3. The minimum absolute atomic E-state index is 0.0196. The Morgan fingerprint density at radius 1 is 0.912 bits per heavy atom. The van der Waals surface area contributed by atoms with Gasteiger partial charge >= 0.3 is 0 Å². The summed E-state index contributed by atoms with van der Waals surface area (Å²) >= 11 is 0. The Hall–Kier alpha value is -2.38. The first kappa shape index (κ1) is 22.1. The molecule has 0 radical (unpaired) electrons. The van der Waals surface area contributed by atoms with E-state index in [2.05, 4.69) is 15.4 Å². The van der Waals surface area contributed by atoms with Gasteiger partial charge < -0.3 is 10.6 Å². The minimum atomic E-state index is -3.62. The van der Waals surface area contributed by atoms with Crippen LogP contribution in [0.25, 0.3) is 0 Å². The zero-order valence-electron chi connectivity index (χ0n) is 19.6. The number of sulfonamides is 1. The lowest BCUT2D eigenvalue weighted by Crippen LogP contribution is -2.54. The Morgan fingerprint density at radius 3 is 2.15 bits per heavy atom. The summed E-state index contributed by atoms with van der Waals surface area (Å²) in [4.78, 5) is 13.4. The molecule has 180 valence electrons. The first-order valence-electron chi connectivity index (χ1n) is 12.6. The molecule has 5 aliphatic carbocycles. The van der Waals surface area contributed by atoms with Crippen LogP contribution in [0.3, 0.4) is 0 Å². The van der Waals surface area contributed by atoms with Crippen LogP contribution in [0.5, 0.6) is 0 Å². The number of aryl methyl sites for hydroxylation is 1. The normalized spacial score (nSPS) is 29.7. The van der Waals surface area contributed by atoms with Crippen molar-refractivity contribution in [3.8, 4) is 0 Å². The van der Waals surface area contributed by atoms with Crippen molar-refractivity contribution in [2.75, 3.05) is 10.6 Å². The first-order valence-corrected chi connectivity index (χ1v) is 14.1. The number of hydrogen-bond donors (Lipinski definition) is 3. The number of carbonyl (C=O) groups is 1. The number of para-hydroxylation sites is 2. The summed E-state index contributed by atoms with van der Waals surface area (Å²) in [5, 5.41) is 6.94. The van der Waals surface area contributed by atoms with Crippen molar-refractivity contribution in [1.82, 2.24) is 4.72 Å². The topological polar surface area (TPSA) is 87.3 Å². The second-order valence-corrected chi connectivity index (χ2v) is 12.9. The van der Waals surface area contributed by atoms with E-state index in [1.54, 1.807) is 12.1 Å². The quantitative estimate of drug-likeness (QED) is 0.517. The SMILES string of the molecule is Cc1ccc(S(=O)(=O)NC2CC2)cc1C(=O)Nc1ccccc1NC12CC3CC(CC(C3)C1)C2. The number of carbonyl (C=O) groups excluding carboxylic acids is 1. The second-order valence-electron chi connectivity index (χ2n) is 11.2. The van der Waals surface area contributed by atoms with Gasteiger partial charge in [-0.1, -0.05) is 18.2 Å². The van der Waals surface area contributed by atoms with Gasteiger partial charge in [0, 0.05) is 17.1 Å². The van der Waals surface area contributed by atoms with Crippen molar-refractivity contribution in [2.45, 2.75) is 74.8 Å². The largest absolute Gasteiger partial charge is 0.378 e. The molecule has 5 aliphatic rings. The van der Waals surface area contributed by atoms with Crippen LogP contribution in [0.1, 0.15) is 67.3 Å². The van der Waals surface area contributed by atoms with E-state index in [0.717, 1.165) is 47.5 Å². The molecule has 4 bridgehead atoms.